The third-order valence-electron chi connectivity index (χ3n) is 3.88. The number of carbonyl (C=O) groups is 1. The Kier molecular flexibility index (Phi) is 5.49. The number of hydrogen-bond donors (Lipinski definition) is 1. The van der Waals surface area contributed by atoms with Crippen LogP contribution in [0.25, 0.3) is 5.69 Å². The molecule has 0 bridgehead atoms. The zero-order valence-electron chi connectivity index (χ0n) is 15.0. The van der Waals surface area contributed by atoms with Crippen molar-refractivity contribution in [3.63, 3.8) is 0 Å². The first-order valence-corrected chi connectivity index (χ1v) is 8.54. The normalized spacial score (nSPS) is 10.7. The Balaban J connectivity index is 1.90. The molecule has 0 saturated heterocycles. The van der Waals surface area contributed by atoms with E-state index in [9.17, 15) is 13.6 Å². The number of nitrogens with zero attached hydrogens (tertiary/aromatic N) is 2. The van der Waals surface area contributed by atoms with Crippen LogP contribution in [-0.4, -0.2) is 22.3 Å². The molecule has 0 saturated carbocycles. The Labute approximate surface area is 155 Å². The number of hydrogen-bond acceptors (Lipinski definition) is 3. The van der Waals surface area contributed by atoms with Crippen LogP contribution in [0.2, 0.25) is 0 Å². The molecule has 1 aromatic heterocycles. The number of amides is 1. The van der Waals surface area contributed by atoms with Crippen molar-refractivity contribution in [1.29, 1.82) is 0 Å². The summed E-state index contributed by atoms with van der Waals surface area (Å²) in [5, 5.41) is 6.88. The second kappa shape index (κ2) is 7.99. The van der Waals surface area contributed by atoms with Gasteiger partial charge >= 0.3 is 0 Å². The van der Waals surface area contributed by atoms with Gasteiger partial charge in [-0.2, -0.15) is 5.10 Å². The molecule has 7 heteroatoms. The Hall–Kier alpha value is -3.22. The molecule has 140 valence electrons. The van der Waals surface area contributed by atoms with Crippen molar-refractivity contribution in [3.8, 4) is 11.4 Å². The smallest absolute Gasteiger partial charge is 0.280 e. The Morgan fingerprint density at radius 2 is 1.93 bits per heavy atom. The molecule has 3 aromatic rings. The monoisotopic (exact) mass is 371 g/mol. The number of ether oxygens (including phenoxy) is 1. The minimum atomic E-state index is -0.523. The van der Waals surface area contributed by atoms with Crippen LogP contribution in [0.4, 0.5) is 14.5 Å². The fourth-order valence-electron chi connectivity index (χ4n) is 2.42. The summed E-state index contributed by atoms with van der Waals surface area (Å²) in [6.45, 7) is 4.00. The number of carbonyl (C=O) groups excluding carboxylic acids is 1. The zero-order valence-corrected chi connectivity index (χ0v) is 15.0. The van der Waals surface area contributed by atoms with Crippen LogP contribution >= 0.6 is 0 Å². The topological polar surface area (TPSA) is 56.2 Å². The van der Waals surface area contributed by atoms with Crippen LogP contribution in [0.1, 0.15) is 29.4 Å². The Morgan fingerprint density at radius 3 is 2.59 bits per heavy atom. The largest absolute Gasteiger partial charge is 0.489 e. The van der Waals surface area contributed by atoms with E-state index in [1.165, 1.54) is 22.9 Å². The maximum atomic E-state index is 13.7. The molecule has 0 aliphatic heterocycles. The lowest BCUT2D eigenvalue weighted by Gasteiger charge is -2.07. The molecule has 27 heavy (non-hydrogen) atoms. The number of rotatable bonds is 6. The average molecular weight is 371 g/mol. The van der Waals surface area contributed by atoms with Gasteiger partial charge in [-0.05, 0) is 55.3 Å². The quantitative estimate of drug-likeness (QED) is 0.694. The van der Waals surface area contributed by atoms with Gasteiger partial charge in [0.2, 0.25) is 0 Å². The lowest BCUT2D eigenvalue weighted by atomic mass is 10.2. The summed E-state index contributed by atoms with van der Waals surface area (Å²) in [7, 11) is 0. The number of anilines is 1. The van der Waals surface area contributed by atoms with Gasteiger partial charge in [0.15, 0.2) is 11.4 Å². The number of benzene rings is 2. The standard InChI is InChI=1S/C20H19F2N3O2/c1-3-10-27-18-12-25(16-8-5-14(21)6-9-16)24-19(18)20(26)23-15-7-4-13(2)17(22)11-15/h4-9,11-12H,3,10H2,1-2H3,(H,23,26). The number of aryl methyl sites for hydroxylation is 1. The van der Waals surface area contributed by atoms with Gasteiger partial charge in [-0.3, -0.25) is 4.79 Å². The molecule has 0 atom stereocenters. The second-order valence-corrected chi connectivity index (χ2v) is 6.03. The van der Waals surface area contributed by atoms with E-state index in [1.54, 1.807) is 37.4 Å². The van der Waals surface area contributed by atoms with Crippen LogP contribution < -0.4 is 10.1 Å². The summed E-state index contributed by atoms with van der Waals surface area (Å²) in [5.41, 5.74) is 1.45. The minimum absolute atomic E-state index is 0.0637. The first-order valence-electron chi connectivity index (χ1n) is 8.54. The fourth-order valence-corrected chi connectivity index (χ4v) is 2.42. The lowest BCUT2D eigenvalue weighted by Crippen LogP contribution is -2.15. The van der Waals surface area contributed by atoms with E-state index in [4.69, 9.17) is 4.74 Å². The van der Waals surface area contributed by atoms with Crippen molar-refractivity contribution >= 4 is 11.6 Å². The molecule has 0 aliphatic carbocycles. The van der Waals surface area contributed by atoms with Crippen LogP contribution in [0.5, 0.6) is 5.75 Å². The first kappa shape index (κ1) is 18.6. The maximum absolute atomic E-state index is 13.7. The molecule has 1 N–H and O–H groups in total. The van der Waals surface area contributed by atoms with Gasteiger partial charge in [-0.15, -0.1) is 0 Å². The summed E-state index contributed by atoms with van der Waals surface area (Å²) in [5.74, 6) is -1.00. The van der Waals surface area contributed by atoms with Crippen molar-refractivity contribution in [2.45, 2.75) is 20.3 Å². The number of aromatic nitrogens is 2. The van der Waals surface area contributed by atoms with E-state index >= 15 is 0 Å². The fraction of sp³-hybridized carbons (Fsp3) is 0.200. The highest BCUT2D eigenvalue weighted by atomic mass is 19.1. The number of halogens is 2. The van der Waals surface area contributed by atoms with Gasteiger partial charge in [0.05, 0.1) is 18.5 Å². The first-order chi connectivity index (χ1) is 13.0. The molecule has 0 radical (unpaired) electrons. The highest BCUT2D eigenvalue weighted by Crippen LogP contribution is 2.22. The summed E-state index contributed by atoms with van der Waals surface area (Å²) < 4.78 is 33.9. The zero-order chi connectivity index (χ0) is 19.4. The Morgan fingerprint density at radius 1 is 1.19 bits per heavy atom. The van der Waals surface area contributed by atoms with Crippen LogP contribution in [0.3, 0.4) is 0 Å². The molecule has 2 aromatic carbocycles. The van der Waals surface area contributed by atoms with E-state index in [2.05, 4.69) is 10.4 Å². The molecule has 0 fully saturated rings. The van der Waals surface area contributed by atoms with Gasteiger partial charge in [-0.1, -0.05) is 13.0 Å². The molecule has 1 heterocycles. The molecule has 0 unspecified atom stereocenters. The minimum Gasteiger partial charge on any atom is -0.489 e. The Bertz CT molecular complexity index is 952. The second-order valence-electron chi connectivity index (χ2n) is 6.03. The molecular formula is C20H19F2N3O2. The molecule has 5 nitrogen and oxygen atoms in total. The SMILES string of the molecule is CCCOc1cn(-c2ccc(F)cc2)nc1C(=O)Nc1ccc(C)c(F)c1. The van der Waals surface area contributed by atoms with Gasteiger partial charge in [0, 0.05) is 5.69 Å². The van der Waals surface area contributed by atoms with Crippen molar-refractivity contribution < 1.29 is 18.3 Å². The van der Waals surface area contributed by atoms with E-state index < -0.39 is 11.7 Å². The lowest BCUT2D eigenvalue weighted by molar-refractivity contribution is 0.101. The molecule has 3 rings (SSSR count). The van der Waals surface area contributed by atoms with Crippen LogP contribution in [0, 0.1) is 18.6 Å². The van der Waals surface area contributed by atoms with Gasteiger partial charge < -0.3 is 10.1 Å². The molecule has 1 amide bonds. The maximum Gasteiger partial charge on any atom is 0.280 e. The summed E-state index contributed by atoms with van der Waals surface area (Å²) in [4.78, 5) is 12.6. The van der Waals surface area contributed by atoms with Crippen molar-refractivity contribution in [2.24, 2.45) is 0 Å². The van der Waals surface area contributed by atoms with Crippen molar-refractivity contribution in [2.75, 3.05) is 11.9 Å². The highest BCUT2D eigenvalue weighted by Gasteiger charge is 2.19. The third kappa shape index (κ3) is 4.31. The van der Waals surface area contributed by atoms with Gasteiger partial charge in [0.25, 0.3) is 5.91 Å². The molecular weight excluding hydrogens is 352 g/mol. The van der Waals surface area contributed by atoms with Crippen LogP contribution in [-0.2, 0) is 0 Å². The van der Waals surface area contributed by atoms with E-state index in [0.29, 0.717) is 29.3 Å². The predicted octanol–water partition coefficient (Wildman–Crippen LogP) is 4.50. The summed E-state index contributed by atoms with van der Waals surface area (Å²) in [6, 6.07) is 10.1. The number of nitrogens with one attached hydrogen (secondary N) is 1. The summed E-state index contributed by atoms with van der Waals surface area (Å²) in [6.07, 6.45) is 2.32. The average Bonchev–Trinajstić information content (AvgIpc) is 3.08. The predicted molar refractivity (Wildman–Crippen MR) is 98.4 cm³/mol. The van der Waals surface area contributed by atoms with Gasteiger partial charge in [0.1, 0.15) is 11.6 Å². The molecule has 0 spiro atoms. The van der Waals surface area contributed by atoms with Crippen molar-refractivity contribution in [3.05, 3.63) is 71.6 Å². The van der Waals surface area contributed by atoms with Gasteiger partial charge in [-0.25, -0.2) is 13.5 Å². The highest BCUT2D eigenvalue weighted by molar-refractivity contribution is 6.04. The summed E-state index contributed by atoms with van der Waals surface area (Å²) >= 11 is 0. The van der Waals surface area contributed by atoms with Crippen molar-refractivity contribution in [1.82, 2.24) is 9.78 Å². The van der Waals surface area contributed by atoms with E-state index in [-0.39, 0.29) is 11.5 Å². The van der Waals surface area contributed by atoms with E-state index in [1.807, 2.05) is 6.92 Å². The van der Waals surface area contributed by atoms with E-state index in [0.717, 1.165) is 6.42 Å². The third-order valence-corrected chi connectivity index (χ3v) is 3.88. The van der Waals surface area contributed by atoms with Crippen LogP contribution in [0.15, 0.2) is 48.7 Å². The molecule has 0 aliphatic rings.